The van der Waals surface area contributed by atoms with Crippen molar-refractivity contribution in [3.8, 4) is 0 Å². The first-order valence-corrected chi connectivity index (χ1v) is 5.52. The van der Waals surface area contributed by atoms with Crippen LogP contribution in [-0.4, -0.2) is 0 Å². The molecule has 2 nitrogen and oxygen atoms in total. The second-order valence-electron chi connectivity index (χ2n) is 3.36. The lowest BCUT2D eigenvalue weighted by Crippen LogP contribution is -1.96. The Morgan fingerprint density at radius 3 is 2.44 bits per heavy atom. The fraction of sp³-hybridized carbons (Fsp3) is 0. The highest BCUT2D eigenvalue weighted by Gasteiger charge is 2.00. The molecule has 0 aliphatic heterocycles. The summed E-state index contributed by atoms with van der Waals surface area (Å²) in [6.07, 6.45) is 0. The minimum atomic E-state index is -0.257. The predicted octanol–water partition coefficient (Wildman–Crippen LogP) is 3.91. The van der Waals surface area contributed by atoms with E-state index in [1.807, 2.05) is 12.1 Å². The lowest BCUT2D eigenvalue weighted by atomic mass is 10.2. The van der Waals surface area contributed by atoms with Crippen LogP contribution in [0.4, 0.5) is 21.5 Å². The highest BCUT2D eigenvalue weighted by molar-refractivity contribution is 9.10. The summed E-state index contributed by atoms with van der Waals surface area (Å²) in [5.74, 6) is -0.257. The SMILES string of the molecule is Nc1ccc(Br)cc1Nc1ccc(F)cc1. The molecule has 0 aliphatic rings. The monoisotopic (exact) mass is 280 g/mol. The topological polar surface area (TPSA) is 38.0 Å². The second kappa shape index (κ2) is 4.53. The van der Waals surface area contributed by atoms with Crippen molar-refractivity contribution in [3.05, 3.63) is 52.8 Å². The molecule has 2 rings (SSSR count). The molecule has 2 aromatic carbocycles. The Morgan fingerprint density at radius 1 is 1.06 bits per heavy atom. The Hall–Kier alpha value is -1.55. The van der Waals surface area contributed by atoms with Crippen molar-refractivity contribution in [2.45, 2.75) is 0 Å². The van der Waals surface area contributed by atoms with Crippen LogP contribution in [0.1, 0.15) is 0 Å². The molecule has 4 heteroatoms. The lowest BCUT2D eigenvalue weighted by molar-refractivity contribution is 0.628. The molecule has 0 heterocycles. The molecule has 0 aliphatic carbocycles. The average Bonchev–Trinajstić information content (AvgIpc) is 2.27. The van der Waals surface area contributed by atoms with E-state index in [1.54, 1.807) is 18.2 Å². The molecule has 0 bridgehead atoms. The molecule has 0 fully saturated rings. The summed E-state index contributed by atoms with van der Waals surface area (Å²) in [5.41, 5.74) is 8.05. The minimum absolute atomic E-state index is 0.257. The van der Waals surface area contributed by atoms with Crippen LogP contribution in [0.2, 0.25) is 0 Å². The largest absolute Gasteiger partial charge is 0.397 e. The van der Waals surface area contributed by atoms with Crippen molar-refractivity contribution in [3.63, 3.8) is 0 Å². The number of hydrogen-bond donors (Lipinski definition) is 2. The van der Waals surface area contributed by atoms with Gasteiger partial charge >= 0.3 is 0 Å². The molecule has 0 aromatic heterocycles. The highest BCUT2D eigenvalue weighted by Crippen LogP contribution is 2.26. The maximum Gasteiger partial charge on any atom is 0.123 e. The smallest absolute Gasteiger partial charge is 0.123 e. The first kappa shape index (κ1) is 11.0. The maximum atomic E-state index is 12.7. The predicted molar refractivity (Wildman–Crippen MR) is 68.2 cm³/mol. The van der Waals surface area contributed by atoms with Gasteiger partial charge in [0, 0.05) is 10.2 Å². The minimum Gasteiger partial charge on any atom is -0.397 e. The fourth-order valence-electron chi connectivity index (χ4n) is 1.33. The zero-order valence-corrected chi connectivity index (χ0v) is 9.96. The van der Waals surface area contributed by atoms with Crippen LogP contribution in [0.25, 0.3) is 0 Å². The van der Waals surface area contributed by atoms with Crippen molar-refractivity contribution in [2.75, 3.05) is 11.1 Å². The normalized spacial score (nSPS) is 10.1. The fourth-order valence-corrected chi connectivity index (χ4v) is 1.69. The lowest BCUT2D eigenvalue weighted by Gasteiger charge is -2.09. The Kier molecular flexibility index (Phi) is 3.10. The number of halogens is 2. The van der Waals surface area contributed by atoms with E-state index in [-0.39, 0.29) is 5.82 Å². The van der Waals surface area contributed by atoms with Crippen LogP contribution in [0.15, 0.2) is 46.9 Å². The third-order valence-corrected chi connectivity index (χ3v) is 2.63. The highest BCUT2D eigenvalue weighted by atomic mass is 79.9. The third kappa shape index (κ3) is 2.52. The van der Waals surface area contributed by atoms with Gasteiger partial charge in [-0.15, -0.1) is 0 Å². The van der Waals surface area contributed by atoms with E-state index >= 15 is 0 Å². The van der Waals surface area contributed by atoms with Gasteiger partial charge in [-0.25, -0.2) is 4.39 Å². The van der Waals surface area contributed by atoms with Gasteiger partial charge in [0.1, 0.15) is 5.82 Å². The van der Waals surface area contributed by atoms with E-state index in [2.05, 4.69) is 21.2 Å². The molecule has 82 valence electrons. The number of rotatable bonds is 2. The summed E-state index contributed by atoms with van der Waals surface area (Å²) in [7, 11) is 0. The summed E-state index contributed by atoms with van der Waals surface area (Å²) >= 11 is 3.37. The second-order valence-corrected chi connectivity index (χ2v) is 4.28. The van der Waals surface area contributed by atoms with Gasteiger partial charge in [-0.1, -0.05) is 15.9 Å². The van der Waals surface area contributed by atoms with Crippen molar-refractivity contribution >= 4 is 33.0 Å². The first-order chi connectivity index (χ1) is 7.65. The molecule has 0 amide bonds. The Labute approximate surface area is 101 Å². The summed E-state index contributed by atoms with van der Waals surface area (Å²) in [4.78, 5) is 0. The van der Waals surface area contributed by atoms with E-state index in [9.17, 15) is 4.39 Å². The van der Waals surface area contributed by atoms with Crippen molar-refractivity contribution in [2.24, 2.45) is 0 Å². The van der Waals surface area contributed by atoms with Crippen molar-refractivity contribution < 1.29 is 4.39 Å². The van der Waals surface area contributed by atoms with Gasteiger partial charge in [-0.2, -0.15) is 0 Å². The van der Waals surface area contributed by atoms with Crippen molar-refractivity contribution in [1.29, 1.82) is 0 Å². The number of benzene rings is 2. The Balaban J connectivity index is 2.26. The number of nitrogen functional groups attached to an aromatic ring is 1. The van der Waals surface area contributed by atoms with Gasteiger partial charge in [0.15, 0.2) is 0 Å². The van der Waals surface area contributed by atoms with Crippen LogP contribution in [0, 0.1) is 5.82 Å². The molecule has 0 unspecified atom stereocenters. The van der Waals surface area contributed by atoms with Gasteiger partial charge in [0.25, 0.3) is 0 Å². The first-order valence-electron chi connectivity index (χ1n) is 4.73. The number of nitrogens with one attached hydrogen (secondary N) is 1. The Bertz CT molecular complexity index is 497. The summed E-state index contributed by atoms with van der Waals surface area (Å²) in [6, 6.07) is 11.7. The molecule has 2 aromatic rings. The van der Waals surface area contributed by atoms with E-state index in [0.29, 0.717) is 5.69 Å². The molecular formula is C12H10BrFN2. The third-order valence-electron chi connectivity index (χ3n) is 2.14. The molecule has 16 heavy (non-hydrogen) atoms. The van der Waals surface area contributed by atoms with Gasteiger partial charge in [-0.3, -0.25) is 0 Å². The van der Waals surface area contributed by atoms with Crippen LogP contribution < -0.4 is 11.1 Å². The molecule has 0 saturated carbocycles. The van der Waals surface area contributed by atoms with Gasteiger partial charge in [0.2, 0.25) is 0 Å². The maximum absolute atomic E-state index is 12.7. The standard InChI is InChI=1S/C12H10BrFN2/c13-8-1-6-11(15)12(7-8)16-10-4-2-9(14)3-5-10/h1-7,16H,15H2. The quantitative estimate of drug-likeness (QED) is 0.819. The zero-order valence-electron chi connectivity index (χ0n) is 8.37. The molecule has 0 saturated heterocycles. The molecular weight excluding hydrogens is 271 g/mol. The van der Waals surface area contributed by atoms with Crippen LogP contribution >= 0.6 is 15.9 Å². The summed E-state index contributed by atoms with van der Waals surface area (Å²) < 4.78 is 13.6. The van der Waals surface area contributed by atoms with E-state index < -0.39 is 0 Å². The molecule has 0 spiro atoms. The molecule has 0 atom stereocenters. The van der Waals surface area contributed by atoms with Crippen molar-refractivity contribution in [1.82, 2.24) is 0 Å². The van der Waals surface area contributed by atoms with Crippen LogP contribution in [0.5, 0.6) is 0 Å². The van der Waals surface area contributed by atoms with Gasteiger partial charge in [-0.05, 0) is 42.5 Å². The summed E-state index contributed by atoms with van der Waals surface area (Å²) in [5, 5.41) is 3.12. The Morgan fingerprint density at radius 2 is 1.75 bits per heavy atom. The van der Waals surface area contributed by atoms with E-state index in [0.717, 1.165) is 15.8 Å². The van der Waals surface area contributed by atoms with E-state index in [4.69, 9.17) is 5.73 Å². The number of nitrogens with two attached hydrogens (primary N) is 1. The number of hydrogen-bond acceptors (Lipinski definition) is 2. The van der Waals surface area contributed by atoms with Gasteiger partial charge < -0.3 is 11.1 Å². The summed E-state index contributed by atoms with van der Waals surface area (Å²) in [6.45, 7) is 0. The molecule has 3 N–H and O–H groups in total. The van der Waals surface area contributed by atoms with Gasteiger partial charge in [0.05, 0.1) is 11.4 Å². The van der Waals surface area contributed by atoms with E-state index in [1.165, 1.54) is 12.1 Å². The number of anilines is 3. The van der Waals surface area contributed by atoms with Crippen LogP contribution in [0.3, 0.4) is 0 Å². The molecule has 0 radical (unpaired) electrons. The average molecular weight is 281 g/mol. The zero-order chi connectivity index (χ0) is 11.5. The van der Waals surface area contributed by atoms with Crippen LogP contribution in [-0.2, 0) is 0 Å².